The van der Waals surface area contributed by atoms with E-state index in [2.05, 4.69) is 13.0 Å². The van der Waals surface area contributed by atoms with E-state index in [4.69, 9.17) is 8.92 Å². The third-order valence-corrected chi connectivity index (χ3v) is 10.7. The molecule has 2 saturated carbocycles. The maximum Gasteiger partial charge on any atom is 0.312 e. The molecule has 1 saturated heterocycles. The van der Waals surface area contributed by atoms with Crippen molar-refractivity contribution in [3.63, 3.8) is 0 Å². The minimum absolute atomic E-state index is 0.0173. The number of fused-ring (bicyclic) bond motifs is 6. The van der Waals surface area contributed by atoms with Crippen LogP contribution in [0, 0.1) is 22.7 Å². The summed E-state index contributed by atoms with van der Waals surface area (Å²) in [6.07, 6.45) is 8.26. The number of esters is 1. The van der Waals surface area contributed by atoms with Gasteiger partial charge in [-0.05, 0) is 113 Å². The Hall–Kier alpha value is -1.56. The lowest BCUT2D eigenvalue weighted by molar-refractivity contribution is -0.206. The molecular weight excluding hydrogens is 424 g/mol. The molecular formula is C26H36O5S. The van der Waals surface area contributed by atoms with Gasteiger partial charge < -0.3 is 8.92 Å². The van der Waals surface area contributed by atoms with Crippen LogP contribution in [0.1, 0.15) is 89.7 Å². The van der Waals surface area contributed by atoms with Crippen molar-refractivity contribution in [2.24, 2.45) is 22.7 Å². The second kappa shape index (κ2) is 7.22. The number of rotatable bonds is 3. The molecule has 0 unspecified atom stereocenters. The Bertz CT molecular complexity index is 1040. The van der Waals surface area contributed by atoms with E-state index in [-0.39, 0.29) is 28.2 Å². The first-order valence-corrected chi connectivity index (χ1v) is 13.9. The number of carbonyl (C=O) groups is 1. The van der Waals surface area contributed by atoms with Crippen molar-refractivity contribution in [1.29, 1.82) is 0 Å². The van der Waals surface area contributed by atoms with Crippen molar-refractivity contribution in [3.05, 3.63) is 29.3 Å². The molecule has 1 spiro atoms. The Morgan fingerprint density at radius 1 is 1.06 bits per heavy atom. The van der Waals surface area contributed by atoms with Gasteiger partial charge in [0.2, 0.25) is 0 Å². The molecule has 6 heteroatoms. The van der Waals surface area contributed by atoms with Crippen LogP contribution >= 0.6 is 0 Å². The molecule has 0 radical (unpaired) electrons. The minimum atomic E-state index is -3.51. The van der Waals surface area contributed by atoms with Crippen molar-refractivity contribution in [3.8, 4) is 5.75 Å². The molecule has 3 aliphatic carbocycles. The molecule has 0 N–H and O–H groups in total. The van der Waals surface area contributed by atoms with Crippen LogP contribution in [0.2, 0.25) is 0 Å². The van der Waals surface area contributed by atoms with Crippen molar-refractivity contribution in [2.45, 2.75) is 90.6 Å². The van der Waals surface area contributed by atoms with Gasteiger partial charge in [0, 0.05) is 5.41 Å². The summed E-state index contributed by atoms with van der Waals surface area (Å²) < 4.78 is 35.4. The molecule has 0 bridgehead atoms. The fraction of sp³-hybridized carbons (Fsp3) is 0.731. The lowest BCUT2D eigenvalue weighted by Gasteiger charge is -2.56. The fourth-order valence-corrected chi connectivity index (χ4v) is 7.98. The third kappa shape index (κ3) is 3.23. The number of carbonyl (C=O) groups excluding carboxylic acids is 1. The summed E-state index contributed by atoms with van der Waals surface area (Å²) in [6, 6.07) is 5.86. The number of aryl methyl sites for hydroxylation is 1. The predicted molar refractivity (Wildman–Crippen MR) is 123 cm³/mol. The van der Waals surface area contributed by atoms with Crippen LogP contribution in [0.4, 0.5) is 0 Å². The molecule has 1 aromatic rings. The average molecular weight is 461 g/mol. The van der Waals surface area contributed by atoms with E-state index in [1.807, 2.05) is 26.0 Å². The molecule has 0 amide bonds. The molecule has 5 atom stereocenters. The van der Waals surface area contributed by atoms with E-state index < -0.39 is 10.1 Å². The lowest BCUT2D eigenvalue weighted by Crippen LogP contribution is -2.56. The third-order valence-electron chi connectivity index (χ3n) is 9.56. The first-order chi connectivity index (χ1) is 15.0. The summed E-state index contributed by atoms with van der Waals surface area (Å²) in [5, 5.41) is 0. The highest BCUT2D eigenvalue weighted by atomic mass is 32.2. The topological polar surface area (TPSA) is 69.7 Å². The molecule has 4 aliphatic rings. The highest BCUT2D eigenvalue weighted by molar-refractivity contribution is 7.87. The van der Waals surface area contributed by atoms with Gasteiger partial charge in [-0.1, -0.05) is 13.0 Å². The summed E-state index contributed by atoms with van der Waals surface area (Å²) in [4.78, 5) is 12.8. The van der Waals surface area contributed by atoms with Crippen molar-refractivity contribution in [2.75, 3.05) is 5.75 Å². The van der Waals surface area contributed by atoms with E-state index >= 15 is 0 Å². The van der Waals surface area contributed by atoms with E-state index in [1.165, 1.54) is 11.1 Å². The van der Waals surface area contributed by atoms with Crippen molar-refractivity contribution < 1.29 is 22.1 Å². The van der Waals surface area contributed by atoms with Crippen LogP contribution in [-0.2, 0) is 26.1 Å². The van der Waals surface area contributed by atoms with Crippen LogP contribution in [0.3, 0.4) is 0 Å². The van der Waals surface area contributed by atoms with E-state index in [0.29, 0.717) is 23.5 Å². The summed E-state index contributed by atoms with van der Waals surface area (Å²) in [5.41, 5.74) is 1.99. The van der Waals surface area contributed by atoms with Crippen LogP contribution < -0.4 is 4.18 Å². The van der Waals surface area contributed by atoms with Gasteiger partial charge in [-0.25, -0.2) is 0 Å². The van der Waals surface area contributed by atoms with Gasteiger partial charge in [0.15, 0.2) is 0 Å². The standard InChI is InChI=1S/C26H36O5S/c1-5-32(28,29)31-18-7-9-19-17(16-18)6-8-21-20(19)10-12-25(4)22(21)11-13-26(25)15-14-24(2,3)23(27)30-26/h7,9,16,20-22H,5-6,8,10-15H2,1-4H3/t20-,21-,22+,25+,26-/m1/s1. The highest BCUT2D eigenvalue weighted by Crippen LogP contribution is 2.67. The lowest BCUT2D eigenvalue weighted by atomic mass is 9.52. The zero-order valence-electron chi connectivity index (χ0n) is 19.8. The van der Waals surface area contributed by atoms with Gasteiger partial charge in [-0.2, -0.15) is 8.42 Å². The Morgan fingerprint density at radius 2 is 1.84 bits per heavy atom. The number of ether oxygens (including phenoxy) is 1. The first kappa shape index (κ1) is 22.2. The second-order valence-corrected chi connectivity index (χ2v) is 13.3. The monoisotopic (exact) mass is 460 g/mol. The molecule has 5 rings (SSSR count). The quantitative estimate of drug-likeness (QED) is 0.448. The van der Waals surface area contributed by atoms with Gasteiger partial charge in [0.1, 0.15) is 11.4 Å². The van der Waals surface area contributed by atoms with Gasteiger partial charge in [0.05, 0.1) is 11.2 Å². The minimum Gasteiger partial charge on any atom is -0.458 e. The molecule has 3 fully saturated rings. The molecule has 1 heterocycles. The maximum absolute atomic E-state index is 12.8. The van der Waals surface area contributed by atoms with Crippen molar-refractivity contribution >= 4 is 16.1 Å². The molecule has 5 nitrogen and oxygen atoms in total. The summed E-state index contributed by atoms with van der Waals surface area (Å²) in [7, 11) is -3.51. The highest BCUT2D eigenvalue weighted by Gasteiger charge is 2.65. The molecule has 1 aliphatic heterocycles. The summed E-state index contributed by atoms with van der Waals surface area (Å²) in [5.74, 6) is 2.05. The number of hydrogen-bond donors (Lipinski definition) is 0. The van der Waals surface area contributed by atoms with Crippen LogP contribution in [0.15, 0.2) is 18.2 Å². The average Bonchev–Trinajstić information content (AvgIpc) is 3.03. The Morgan fingerprint density at radius 3 is 2.56 bits per heavy atom. The largest absolute Gasteiger partial charge is 0.458 e. The predicted octanol–water partition coefficient (Wildman–Crippen LogP) is 5.37. The number of hydrogen-bond acceptors (Lipinski definition) is 5. The second-order valence-electron chi connectivity index (χ2n) is 11.5. The number of benzene rings is 1. The van der Waals surface area contributed by atoms with Crippen LogP contribution in [0.5, 0.6) is 5.75 Å². The smallest absolute Gasteiger partial charge is 0.312 e. The molecule has 176 valence electrons. The first-order valence-electron chi connectivity index (χ1n) is 12.3. The summed E-state index contributed by atoms with van der Waals surface area (Å²) in [6.45, 7) is 8.01. The van der Waals surface area contributed by atoms with E-state index in [9.17, 15) is 13.2 Å². The Balaban J connectivity index is 1.40. The van der Waals surface area contributed by atoms with Gasteiger partial charge >= 0.3 is 16.1 Å². The Labute approximate surface area is 192 Å². The molecule has 32 heavy (non-hydrogen) atoms. The SMILES string of the molecule is CCS(=O)(=O)Oc1ccc2c(c1)CC[C@@H]1[C@@H]2CC[C@@]2(C)[C@H]1CC[C@@]21CCC(C)(C)C(=O)O1. The van der Waals surface area contributed by atoms with Gasteiger partial charge in [-0.15, -0.1) is 0 Å². The van der Waals surface area contributed by atoms with Crippen molar-refractivity contribution in [1.82, 2.24) is 0 Å². The van der Waals surface area contributed by atoms with Gasteiger partial charge in [0.25, 0.3) is 0 Å². The van der Waals surface area contributed by atoms with Crippen LogP contribution in [0.25, 0.3) is 0 Å². The fourth-order valence-electron chi connectivity index (χ4n) is 7.47. The summed E-state index contributed by atoms with van der Waals surface area (Å²) >= 11 is 0. The van der Waals surface area contributed by atoms with E-state index in [1.54, 1.807) is 6.92 Å². The zero-order valence-corrected chi connectivity index (χ0v) is 20.6. The zero-order chi connectivity index (χ0) is 22.9. The maximum atomic E-state index is 12.8. The van der Waals surface area contributed by atoms with E-state index in [0.717, 1.165) is 51.4 Å². The van der Waals surface area contributed by atoms with Crippen LogP contribution in [-0.4, -0.2) is 25.7 Å². The molecule has 0 aromatic heterocycles. The normalized spacial score (nSPS) is 37.9. The Kier molecular flexibility index (Phi) is 5.02. The molecule has 1 aromatic carbocycles. The van der Waals surface area contributed by atoms with Gasteiger partial charge in [-0.3, -0.25) is 4.79 Å².